The van der Waals surface area contributed by atoms with Gasteiger partial charge in [-0.15, -0.1) is 0 Å². The van der Waals surface area contributed by atoms with Crippen LogP contribution in [0.1, 0.15) is 5.82 Å². The fourth-order valence-electron chi connectivity index (χ4n) is 2.02. The first-order valence-corrected chi connectivity index (χ1v) is 6.32. The Morgan fingerprint density at radius 2 is 2.00 bits per heavy atom. The predicted molar refractivity (Wildman–Crippen MR) is 76.0 cm³/mol. The van der Waals surface area contributed by atoms with E-state index < -0.39 is 5.82 Å². The van der Waals surface area contributed by atoms with Crippen molar-refractivity contribution in [1.82, 2.24) is 14.5 Å². The minimum atomic E-state index is -0.528. The average molecular weight is 285 g/mol. The zero-order valence-electron chi connectivity index (χ0n) is 11.5. The normalized spacial score (nSPS) is 10.8. The quantitative estimate of drug-likeness (QED) is 0.726. The lowest BCUT2D eigenvalue weighted by molar-refractivity contribution is 0.434. The Morgan fingerprint density at radius 1 is 1.24 bits per heavy atom. The van der Waals surface area contributed by atoms with Crippen LogP contribution in [0.15, 0.2) is 41.3 Å². The molecule has 0 amide bonds. The van der Waals surface area contributed by atoms with Gasteiger partial charge in [0, 0.05) is 18.6 Å². The van der Waals surface area contributed by atoms with Gasteiger partial charge >= 0.3 is 0 Å². The minimum absolute atomic E-state index is 0.00183. The van der Waals surface area contributed by atoms with E-state index >= 15 is 0 Å². The lowest BCUT2D eigenvalue weighted by atomic mass is 10.3. The monoisotopic (exact) mass is 285 g/mol. The fourth-order valence-corrected chi connectivity index (χ4v) is 2.02. The van der Waals surface area contributed by atoms with Crippen molar-refractivity contribution < 1.29 is 9.13 Å². The Kier molecular flexibility index (Phi) is 3.13. The first-order valence-electron chi connectivity index (χ1n) is 6.32. The number of halogens is 1. The Labute approximate surface area is 119 Å². The number of rotatable bonds is 2. The lowest BCUT2D eigenvalue weighted by Gasteiger charge is -2.10. The third-order valence-corrected chi connectivity index (χ3v) is 3.09. The van der Waals surface area contributed by atoms with Gasteiger partial charge in [-0.05, 0) is 25.1 Å². The van der Waals surface area contributed by atoms with Crippen LogP contribution in [-0.4, -0.2) is 14.5 Å². The Balaban J connectivity index is 2.16. The summed E-state index contributed by atoms with van der Waals surface area (Å²) in [6.07, 6.45) is 1.60. The van der Waals surface area contributed by atoms with E-state index in [1.54, 1.807) is 32.3 Å². The largest absolute Gasteiger partial charge is 0.448 e. The van der Waals surface area contributed by atoms with Crippen molar-refractivity contribution in [2.24, 2.45) is 7.05 Å². The predicted octanol–water partition coefficient (Wildman–Crippen LogP) is 2.57. The number of benzene rings is 1. The van der Waals surface area contributed by atoms with Crippen molar-refractivity contribution in [2.45, 2.75) is 6.92 Å². The molecule has 1 aromatic carbocycles. The molecule has 0 saturated heterocycles. The van der Waals surface area contributed by atoms with Crippen molar-refractivity contribution in [2.75, 3.05) is 0 Å². The highest BCUT2D eigenvalue weighted by Crippen LogP contribution is 2.23. The number of nitrogens with zero attached hydrogens (tertiary/aromatic N) is 3. The molecule has 2 aromatic heterocycles. The molecule has 21 heavy (non-hydrogen) atoms. The highest BCUT2D eigenvalue weighted by Gasteiger charge is 2.12. The van der Waals surface area contributed by atoms with Gasteiger partial charge < -0.3 is 4.74 Å². The number of aromatic nitrogens is 3. The van der Waals surface area contributed by atoms with E-state index in [1.807, 2.05) is 0 Å². The molecule has 3 aromatic rings. The van der Waals surface area contributed by atoms with Crippen molar-refractivity contribution in [3.63, 3.8) is 0 Å². The summed E-state index contributed by atoms with van der Waals surface area (Å²) in [6.45, 7) is 1.74. The second-order valence-electron chi connectivity index (χ2n) is 4.60. The van der Waals surface area contributed by atoms with Crippen LogP contribution in [0, 0.1) is 12.7 Å². The molecule has 0 aliphatic carbocycles. The summed E-state index contributed by atoms with van der Waals surface area (Å²) in [5, 5.41) is 0.647. The smallest absolute Gasteiger partial charge is 0.294 e. The minimum Gasteiger partial charge on any atom is -0.448 e. The number of ether oxygens (including phenoxy) is 1. The molecule has 0 aliphatic rings. The molecule has 6 heteroatoms. The van der Waals surface area contributed by atoms with E-state index in [9.17, 15) is 9.18 Å². The second-order valence-corrected chi connectivity index (χ2v) is 4.60. The number of hydrogen-bond acceptors (Lipinski definition) is 4. The van der Waals surface area contributed by atoms with E-state index in [0.29, 0.717) is 16.9 Å². The maximum atomic E-state index is 13.6. The van der Waals surface area contributed by atoms with Crippen molar-refractivity contribution in [3.8, 4) is 11.5 Å². The fraction of sp³-hybridized carbons (Fsp3) is 0.133. The van der Waals surface area contributed by atoms with Crippen LogP contribution in [0.4, 0.5) is 4.39 Å². The van der Waals surface area contributed by atoms with Crippen molar-refractivity contribution in [1.29, 1.82) is 0 Å². The SMILES string of the molecule is Cc1ncc2cc(Oc3ccccc3F)c(=O)n(C)c2n1. The van der Waals surface area contributed by atoms with E-state index in [1.165, 1.54) is 22.8 Å². The van der Waals surface area contributed by atoms with Crippen LogP contribution in [-0.2, 0) is 7.05 Å². The zero-order valence-corrected chi connectivity index (χ0v) is 11.5. The lowest BCUT2D eigenvalue weighted by Crippen LogP contribution is -2.19. The highest BCUT2D eigenvalue weighted by atomic mass is 19.1. The van der Waals surface area contributed by atoms with Crippen LogP contribution >= 0.6 is 0 Å². The number of hydrogen-bond donors (Lipinski definition) is 0. The zero-order chi connectivity index (χ0) is 15.0. The van der Waals surface area contributed by atoms with Crippen LogP contribution in [0.3, 0.4) is 0 Å². The molecule has 0 N–H and O–H groups in total. The summed E-state index contributed by atoms with van der Waals surface area (Å²) in [5.74, 6) is 0.0737. The Hall–Kier alpha value is -2.76. The molecule has 0 atom stereocenters. The number of fused-ring (bicyclic) bond motifs is 1. The topological polar surface area (TPSA) is 57.0 Å². The summed E-state index contributed by atoms with van der Waals surface area (Å²) < 4.78 is 20.4. The molecule has 2 heterocycles. The molecule has 106 valence electrons. The van der Waals surface area contributed by atoms with Crippen LogP contribution in [0.25, 0.3) is 11.0 Å². The molecule has 5 nitrogen and oxygen atoms in total. The van der Waals surface area contributed by atoms with E-state index in [4.69, 9.17) is 4.74 Å². The molecule has 3 rings (SSSR count). The summed E-state index contributed by atoms with van der Waals surface area (Å²) >= 11 is 0. The van der Waals surface area contributed by atoms with E-state index in [0.717, 1.165) is 0 Å². The van der Waals surface area contributed by atoms with Crippen LogP contribution < -0.4 is 10.3 Å². The third-order valence-electron chi connectivity index (χ3n) is 3.09. The standard InChI is InChI=1S/C15H12FN3O2/c1-9-17-8-10-7-13(15(20)19(2)14(10)18-9)21-12-6-4-3-5-11(12)16/h3-8H,1-2H3. The number of para-hydroxylation sites is 1. The van der Waals surface area contributed by atoms with Crippen LogP contribution in [0.5, 0.6) is 11.5 Å². The van der Waals surface area contributed by atoms with E-state index in [-0.39, 0.29) is 17.1 Å². The summed E-state index contributed by atoms with van der Waals surface area (Å²) in [4.78, 5) is 20.6. The summed E-state index contributed by atoms with van der Waals surface area (Å²) in [6, 6.07) is 7.44. The first-order chi connectivity index (χ1) is 10.1. The van der Waals surface area contributed by atoms with Crippen molar-refractivity contribution >= 4 is 11.0 Å². The molecule has 0 fully saturated rings. The van der Waals surface area contributed by atoms with Gasteiger partial charge in [-0.25, -0.2) is 14.4 Å². The van der Waals surface area contributed by atoms with Gasteiger partial charge in [0.05, 0.1) is 0 Å². The third kappa shape index (κ3) is 2.35. The molecule has 0 aliphatic heterocycles. The van der Waals surface area contributed by atoms with Gasteiger partial charge in [0.2, 0.25) is 0 Å². The molecule has 0 unspecified atom stereocenters. The van der Waals surface area contributed by atoms with Gasteiger partial charge in [0.1, 0.15) is 11.5 Å². The van der Waals surface area contributed by atoms with Gasteiger partial charge in [0.15, 0.2) is 17.3 Å². The Bertz CT molecular complexity index is 890. The van der Waals surface area contributed by atoms with Crippen molar-refractivity contribution in [3.05, 3.63) is 58.5 Å². The maximum absolute atomic E-state index is 13.6. The summed E-state index contributed by atoms with van der Waals surface area (Å²) in [7, 11) is 1.59. The molecule has 0 bridgehead atoms. The molecular weight excluding hydrogens is 273 g/mol. The van der Waals surface area contributed by atoms with Gasteiger partial charge in [0.25, 0.3) is 5.56 Å². The summed E-state index contributed by atoms with van der Waals surface area (Å²) in [5.41, 5.74) is 0.122. The van der Waals surface area contributed by atoms with E-state index in [2.05, 4.69) is 9.97 Å². The first kappa shape index (κ1) is 13.2. The number of pyridine rings is 1. The molecule has 0 spiro atoms. The Morgan fingerprint density at radius 3 is 2.76 bits per heavy atom. The molecular formula is C15H12FN3O2. The highest BCUT2D eigenvalue weighted by molar-refractivity contribution is 5.75. The molecule has 0 radical (unpaired) electrons. The average Bonchev–Trinajstić information content (AvgIpc) is 2.47. The molecule has 0 saturated carbocycles. The van der Waals surface area contributed by atoms with Crippen LogP contribution in [0.2, 0.25) is 0 Å². The van der Waals surface area contributed by atoms with Gasteiger partial charge in [-0.2, -0.15) is 0 Å². The second kappa shape index (κ2) is 4.97. The van der Waals surface area contributed by atoms with Gasteiger partial charge in [-0.3, -0.25) is 9.36 Å². The van der Waals surface area contributed by atoms with Gasteiger partial charge in [-0.1, -0.05) is 12.1 Å². The number of aryl methyl sites for hydroxylation is 2. The maximum Gasteiger partial charge on any atom is 0.294 e.